The van der Waals surface area contributed by atoms with Crippen LogP contribution in [-0.4, -0.2) is 18.4 Å². The molecule has 0 radical (unpaired) electrons. The molecule has 0 aliphatic heterocycles. The Kier molecular flexibility index (Phi) is 7.71. The van der Waals surface area contributed by atoms with Crippen LogP contribution in [0.4, 0.5) is 17.1 Å². The van der Waals surface area contributed by atoms with Crippen molar-refractivity contribution in [2.24, 2.45) is 0 Å². The largest absolute Gasteiger partial charge is 0.376 e. The van der Waals surface area contributed by atoms with Gasteiger partial charge < -0.3 is 16.0 Å². The van der Waals surface area contributed by atoms with Gasteiger partial charge in [-0.05, 0) is 48.4 Å². The van der Waals surface area contributed by atoms with Gasteiger partial charge in [0.1, 0.15) is 0 Å². The Morgan fingerprint density at radius 3 is 2.30 bits per heavy atom. The fourth-order valence-electron chi connectivity index (χ4n) is 2.80. The maximum atomic E-state index is 12.2. The summed E-state index contributed by atoms with van der Waals surface area (Å²) in [7, 11) is 0. The van der Waals surface area contributed by atoms with Gasteiger partial charge in [0, 0.05) is 22.8 Å². The Hall–Kier alpha value is -3.02. The Labute approximate surface area is 185 Å². The molecule has 0 aliphatic rings. The molecule has 3 N–H and O–H groups in total. The topological polar surface area (TPSA) is 70.2 Å². The second-order valence-corrected chi connectivity index (χ2v) is 7.48. The fourth-order valence-corrected chi connectivity index (χ4v) is 3.26. The van der Waals surface area contributed by atoms with Gasteiger partial charge in [-0.15, -0.1) is 0 Å². The van der Waals surface area contributed by atoms with Gasteiger partial charge in [0.25, 0.3) is 0 Å². The lowest BCUT2D eigenvalue weighted by atomic mass is 10.1. The average Bonchev–Trinajstić information content (AvgIpc) is 2.74. The first-order valence-electron chi connectivity index (χ1n) is 9.42. The molecule has 0 saturated carbocycles. The van der Waals surface area contributed by atoms with E-state index in [1.807, 2.05) is 42.5 Å². The van der Waals surface area contributed by atoms with Crippen LogP contribution in [0.1, 0.15) is 12.0 Å². The molecule has 0 unspecified atom stereocenters. The van der Waals surface area contributed by atoms with Crippen molar-refractivity contribution in [1.29, 1.82) is 0 Å². The lowest BCUT2D eigenvalue weighted by Gasteiger charge is -2.11. The van der Waals surface area contributed by atoms with E-state index in [1.54, 1.807) is 30.3 Å². The zero-order chi connectivity index (χ0) is 21.3. The molecular weight excluding hydrogens is 421 g/mol. The summed E-state index contributed by atoms with van der Waals surface area (Å²) in [5, 5.41) is 9.51. The van der Waals surface area contributed by atoms with Crippen LogP contribution in [0, 0.1) is 0 Å². The van der Waals surface area contributed by atoms with Gasteiger partial charge in [-0.2, -0.15) is 0 Å². The van der Waals surface area contributed by atoms with E-state index >= 15 is 0 Å². The molecule has 0 spiro atoms. The molecule has 5 nitrogen and oxygen atoms in total. The first-order valence-corrected chi connectivity index (χ1v) is 10.2. The Morgan fingerprint density at radius 2 is 1.53 bits per heavy atom. The highest BCUT2D eigenvalue weighted by atomic mass is 35.5. The third-order valence-electron chi connectivity index (χ3n) is 4.29. The highest BCUT2D eigenvalue weighted by Crippen LogP contribution is 2.25. The number of benzene rings is 3. The molecule has 0 heterocycles. The van der Waals surface area contributed by atoms with Crippen molar-refractivity contribution in [2.75, 3.05) is 22.5 Å². The van der Waals surface area contributed by atoms with E-state index in [1.165, 1.54) is 0 Å². The molecular formula is C23H21Cl2N3O2. The molecule has 7 heteroatoms. The van der Waals surface area contributed by atoms with Crippen LogP contribution in [0.15, 0.2) is 72.8 Å². The Bertz CT molecular complexity index is 1030. The minimum atomic E-state index is -0.253. The van der Waals surface area contributed by atoms with Crippen molar-refractivity contribution in [3.05, 3.63) is 88.4 Å². The van der Waals surface area contributed by atoms with E-state index in [2.05, 4.69) is 16.0 Å². The normalized spacial score (nSPS) is 10.3. The van der Waals surface area contributed by atoms with E-state index in [0.717, 1.165) is 5.56 Å². The summed E-state index contributed by atoms with van der Waals surface area (Å²) >= 11 is 11.9. The Balaban J connectivity index is 1.48. The standard InChI is InChI=1S/C23H21Cl2N3O2/c24-17-10-11-21(20(25)13-17)28-23(30)15-26-18-7-4-8-19(14-18)27-22(29)12-9-16-5-2-1-3-6-16/h1-8,10-11,13-14,26H,9,12,15H2,(H,27,29)(H,28,30). The van der Waals surface area contributed by atoms with E-state index in [4.69, 9.17) is 23.2 Å². The van der Waals surface area contributed by atoms with Crippen LogP contribution in [0.25, 0.3) is 0 Å². The maximum Gasteiger partial charge on any atom is 0.243 e. The molecule has 0 saturated heterocycles. The van der Waals surface area contributed by atoms with E-state index in [0.29, 0.717) is 39.9 Å². The van der Waals surface area contributed by atoms with Gasteiger partial charge in [0.15, 0.2) is 0 Å². The van der Waals surface area contributed by atoms with E-state index in [-0.39, 0.29) is 18.4 Å². The minimum absolute atomic E-state index is 0.0460. The molecule has 30 heavy (non-hydrogen) atoms. The Morgan fingerprint density at radius 1 is 0.767 bits per heavy atom. The van der Waals surface area contributed by atoms with Crippen molar-refractivity contribution in [1.82, 2.24) is 0 Å². The van der Waals surface area contributed by atoms with Gasteiger partial charge in [-0.3, -0.25) is 9.59 Å². The van der Waals surface area contributed by atoms with Crippen molar-refractivity contribution in [2.45, 2.75) is 12.8 Å². The second-order valence-electron chi connectivity index (χ2n) is 6.64. The first kappa shape index (κ1) is 21.7. The van der Waals surface area contributed by atoms with Crippen LogP contribution in [0.3, 0.4) is 0 Å². The van der Waals surface area contributed by atoms with E-state index in [9.17, 15) is 9.59 Å². The predicted molar refractivity (Wildman–Crippen MR) is 123 cm³/mol. The van der Waals surface area contributed by atoms with Gasteiger partial charge in [0.05, 0.1) is 17.3 Å². The highest BCUT2D eigenvalue weighted by Gasteiger charge is 2.08. The molecule has 0 atom stereocenters. The van der Waals surface area contributed by atoms with Crippen LogP contribution >= 0.6 is 23.2 Å². The number of amides is 2. The average molecular weight is 442 g/mol. The van der Waals surface area contributed by atoms with Gasteiger partial charge in [-0.1, -0.05) is 59.6 Å². The number of carbonyl (C=O) groups is 2. The zero-order valence-corrected chi connectivity index (χ0v) is 17.6. The summed E-state index contributed by atoms with van der Waals surface area (Å²) in [6.45, 7) is 0.0460. The van der Waals surface area contributed by atoms with Crippen molar-refractivity contribution < 1.29 is 9.59 Å². The van der Waals surface area contributed by atoms with Crippen molar-refractivity contribution >= 4 is 52.1 Å². The summed E-state index contributed by atoms with van der Waals surface area (Å²) in [5.41, 5.74) is 2.99. The van der Waals surface area contributed by atoms with Gasteiger partial charge >= 0.3 is 0 Å². The van der Waals surface area contributed by atoms with Crippen LogP contribution in [0.5, 0.6) is 0 Å². The molecule has 0 bridgehead atoms. The number of aryl methyl sites for hydroxylation is 1. The van der Waals surface area contributed by atoms with Crippen LogP contribution in [0.2, 0.25) is 10.0 Å². The molecule has 3 aromatic carbocycles. The SMILES string of the molecule is O=C(CCc1ccccc1)Nc1cccc(NCC(=O)Nc2ccc(Cl)cc2Cl)c1. The number of hydrogen-bond donors (Lipinski definition) is 3. The number of hydrogen-bond acceptors (Lipinski definition) is 3. The first-order chi connectivity index (χ1) is 14.5. The van der Waals surface area contributed by atoms with E-state index < -0.39 is 0 Å². The molecule has 0 aliphatic carbocycles. The smallest absolute Gasteiger partial charge is 0.243 e. The zero-order valence-electron chi connectivity index (χ0n) is 16.1. The molecule has 3 rings (SSSR count). The van der Waals surface area contributed by atoms with Crippen LogP contribution < -0.4 is 16.0 Å². The number of anilines is 3. The summed E-state index contributed by atoms with van der Waals surface area (Å²) in [6, 6.07) is 21.9. The van der Waals surface area contributed by atoms with Crippen LogP contribution in [-0.2, 0) is 16.0 Å². The monoisotopic (exact) mass is 441 g/mol. The molecule has 0 aromatic heterocycles. The lowest BCUT2D eigenvalue weighted by molar-refractivity contribution is -0.116. The molecule has 3 aromatic rings. The summed E-state index contributed by atoms with van der Waals surface area (Å²) < 4.78 is 0. The third-order valence-corrected chi connectivity index (χ3v) is 4.84. The van der Waals surface area contributed by atoms with Gasteiger partial charge in [0.2, 0.25) is 11.8 Å². The van der Waals surface area contributed by atoms with Gasteiger partial charge in [-0.25, -0.2) is 0 Å². The predicted octanol–water partition coefficient (Wildman–Crippen LogP) is 5.62. The summed E-state index contributed by atoms with van der Waals surface area (Å²) in [5.74, 6) is -0.317. The maximum absolute atomic E-state index is 12.2. The summed E-state index contributed by atoms with van der Waals surface area (Å²) in [4.78, 5) is 24.4. The van der Waals surface area contributed by atoms with Crippen molar-refractivity contribution in [3.63, 3.8) is 0 Å². The molecule has 154 valence electrons. The second kappa shape index (κ2) is 10.7. The van der Waals surface area contributed by atoms with Crippen molar-refractivity contribution in [3.8, 4) is 0 Å². The molecule has 0 fully saturated rings. The number of halogens is 2. The quantitative estimate of drug-likeness (QED) is 0.424. The number of carbonyl (C=O) groups excluding carboxylic acids is 2. The summed E-state index contributed by atoms with van der Waals surface area (Å²) in [6.07, 6.45) is 1.07. The minimum Gasteiger partial charge on any atom is -0.376 e. The molecule has 2 amide bonds. The highest BCUT2D eigenvalue weighted by molar-refractivity contribution is 6.36. The number of nitrogens with one attached hydrogen (secondary N) is 3. The number of rotatable bonds is 8. The fraction of sp³-hybridized carbons (Fsp3) is 0.130. The lowest BCUT2D eigenvalue weighted by Crippen LogP contribution is -2.22. The third kappa shape index (κ3) is 6.79.